The molecule has 0 heterocycles. The van der Waals surface area contributed by atoms with Gasteiger partial charge in [0.2, 0.25) is 0 Å². The van der Waals surface area contributed by atoms with Crippen molar-refractivity contribution in [1.29, 1.82) is 0 Å². The maximum absolute atomic E-state index is 4.28. The number of hydrogen-bond acceptors (Lipinski definition) is 0. The van der Waals surface area contributed by atoms with Crippen molar-refractivity contribution in [2.45, 2.75) is 39.0 Å². The average Bonchev–Trinajstić information content (AvgIpc) is 2.00. The van der Waals surface area contributed by atoms with Gasteiger partial charge in [0.05, 0.1) is 0 Å². The Morgan fingerprint density at radius 1 is 0.923 bits per heavy atom. The van der Waals surface area contributed by atoms with E-state index in [2.05, 4.69) is 13.8 Å². The number of rotatable bonds is 1. The summed E-state index contributed by atoms with van der Waals surface area (Å²) in [4.78, 5) is 0. The zero-order chi connectivity index (χ0) is 9.00. The maximum Gasteiger partial charge on any atom is -0.0331 e. The van der Waals surface area contributed by atoms with Gasteiger partial charge in [0.15, 0.2) is 0 Å². The van der Waals surface area contributed by atoms with Crippen LogP contribution in [0.3, 0.4) is 0 Å². The Morgan fingerprint density at radius 3 is 1.77 bits per heavy atom. The summed E-state index contributed by atoms with van der Waals surface area (Å²) in [5.41, 5.74) is 0. The second-order valence-electron chi connectivity index (χ2n) is 5.99. The zero-order valence-corrected chi connectivity index (χ0v) is 8.71. The Balaban J connectivity index is 1.85. The van der Waals surface area contributed by atoms with Gasteiger partial charge in [-0.05, 0) is 67.6 Å². The van der Waals surface area contributed by atoms with Crippen LogP contribution in [-0.4, -0.2) is 0 Å². The van der Waals surface area contributed by atoms with E-state index in [0.717, 1.165) is 29.6 Å². The van der Waals surface area contributed by atoms with Crippen LogP contribution in [-0.2, 0) is 0 Å². The normalized spacial score (nSPS) is 53.3. The molecule has 0 aromatic heterocycles. The molecule has 0 nitrogen and oxygen atoms in total. The summed E-state index contributed by atoms with van der Waals surface area (Å²) in [6.45, 7) is 6.62. The van der Waals surface area contributed by atoms with Crippen molar-refractivity contribution in [3.8, 4) is 0 Å². The molecule has 4 saturated carbocycles. The smallest absolute Gasteiger partial charge is 0.0331 e. The summed E-state index contributed by atoms with van der Waals surface area (Å²) in [5, 5.41) is 0. The lowest BCUT2D eigenvalue weighted by molar-refractivity contribution is -0.0511. The Hall–Kier alpha value is 0. The van der Waals surface area contributed by atoms with Crippen LogP contribution in [0.1, 0.15) is 39.0 Å². The molecule has 4 fully saturated rings. The van der Waals surface area contributed by atoms with Crippen LogP contribution < -0.4 is 0 Å². The Labute approximate surface area is 82.1 Å². The molecule has 0 aromatic carbocycles. The van der Waals surface area contributed by atoms with Crippen molar-refractivity contribution in [1.82, 2.24) is 0 Å². The second-order valence-corrected chi connectivity index (χ2v) is 5.99. The molecule has 1 unspecified atom stereocenters. The van der Waals surface area contributed by atoms with E-state index in [4.69, 9.17) is 0 Å². The lowest BCUT2D eigenvalue weighted by Gasteiger charge is -2.55. The monoisotopic (exact) mass is 177 g/mol. The highest BCUT2D eigenvalue weighted by atomic mass is 14.5. The summed E-state index contributed by atoms with van der Waals surface area (Å²) < 4.78 is 0. The quantitative estimate of drug-likeness (QED) is 0.575. The minimum Gasteiger partial charge on any atom is -0.0622 e. The van der Waals surface area contributed by atoms with Gasteiger partial charge < -0.3 is 0 Å². The third kappa shape index (κ3) is 1.17. The van der Waals surface area contributed by atoms with E-state index >= 15 is 0 Å². The van der Waals surface area contributed by atoms with Crippen molar-refractivity contribution in [3.63, 3.8) is 0 Å². The predicted octanol–water partition coefficient (Wildman–Crippen LogP) is 3.53. The molecule has 4 rings (SSSR count). The molecule has 4 aliphatic carbocycles. The molecular formula is C13H21. The molecular weight excluding hydrogens is 156 g/mol. The van der Waals surface area contributed by atoms with E-state index < -0.39 is 0 Å². The standard InChI is InChI=1S/C13H21/c1-8(2)13-11-4-9-3-10(6-11)7-12(13)5-9/h8-13H,1,3-7H2,2H3. The Morgan fingerprint density at radius 2 is 1.38 bits per heavy atom. The summed E-state index contributed by atoms with van der Waals surface area (Å²) in [6.07, 6.45) is 7.79. The molecule has 0 spiro atoms. The molecule has 0 saturated heterocycles. The van der Waals surface area contributed by atoms with Gasteiger partial charge in [-0.3, -0.25) is 0 Å². The topological polar surface area (TPSA) is 0 Å². The van der Waals surface area contributed by atoms with E-state index in [-0.39, 0.29) is 0 Å². The van der Waals surface area contributed by atoms with E-state index in [1.54, 1.807) is 32.1 Å². The molecule has 13 heavy (non-hydrogen) atoms. The molecule has 4 aliphatic rings. The average molecular weight is 177 g/mol. The molecule has 73 valence electrons. The zero-order valence-electron chi connectivity index (χ0n) is 8.71. The lowest BCUT2D eigenvalue weighted by atomic mass is 9.50. The highest BCUT2D eigenvalue weighted by molar-refractivity contribution is 4.99. The first-order valence-corrected chi connectivity index (χ1v) is 6.07. The van der Waals surface area contributed by atoms with E-state index in [0.29, 0.717) is 5.92 Å². The summed E-state index contributed by atoms with van der Waals surface area (Å²) in [7, 11) is 0. The van der Waals surface area contributed by atoms with Crippen molar-refractivity contribution < 1.29 is 0 Å². The molecule has 0 heteroatoms. The first-order chi connectivity index (χ1) is 6.24. The van der Waals surface area contributed by atoms with Gasteiger partial charge in [-0.25, -0.2) is 0 Å². The molecule has 0 N–H and O–H groups in total. The third-order valence-electron chi connectivity index (χ3n) is 4.96. The van der Waals surface area contributed by atoms with Crippen molar-refractivity contribution in [2.24, 2.45) is 35.5 Å². The van der Waals surface area contributed by atoms with E-state index in [9.17, 15) is 0 Å². The van der Waals surface area contributed by atoms with Crippen molar-refractivity contribution in [2.75, 3.05) is 0 Å². The van der Waals surface area contributed by atoms with Crippen LogP contribution in [0.5, 0.6) is 0 Å². The van der Waals surface area contributed by atoms with E-state index in [1.165, 1.54) is 0 Å². The van der Waals surface area contributed by atoms with Gasteiger partial charge in [0, 0.05) is 0 Å². The van der Waals surface area contributed by atoms with Crippen LogP contribution in [0.4, 0.5) is 0 Å². The van der Waals surface area contributed by atoms with Gasteiger partial charge in [0.25, 0.3) is 0 Å². The second kappa shape index (κ2) is 2.74. The van der Waals surface area contributed by atoms with Crippen LogP contribution in [0.2, 0.25) is 0 Å². The Kier molecular flexibility index (Phi) is 1.76. The molecule has 0 aromatic rings. The SMILES string of the molecule is [CH2]C(C)C1C2CC3CC(C2)CC1C3. The summed E-state index contributed by atoms with van der Waals surface area (Å²) >= 11 is 0. The summed E-state index contributed by atoms with van der Waals surface area (Å²) in [5.74, 6) is 6.09. The number of hydrogen-bond donors (Lipinski definition) is 0. The third-order valence-corrected chi connectivity index (χ3v) is 4.96. The molecule has 4 bridgehead atoms. The first-order valence-electron chi connectivity index (χ1n) is 6.07. The molecule has 0 aliphatic heterocycles. The molecule has 1 atom stereocenters. The highest BCUT2D eigenvalue weighted by Crippen LogP contribution is 2.58. The van der Waals surface area contributed by atoms with Gasteiger partial charge >= 0.3 is 0 Å². The van der Waals surface area contributed by atoms with Gasteiger partial charge in [-0.2, -0.15) is 0 Å². The van der Waals surface area contributed by atoms with Gasteiger partial charge in [-0.1, -0.05) is 13.8 Å². The lowest BCUT2D eigenvalue weighted by Crippen LogP contribution is -2.46. The predicted molar refractivity (Wildman–Crippen MR) is 55.1 cm³/mol. The largest absolute Gasteiger partial charge is 0.0622 e. The van der Waals surface area contributed by atoms with Crippen molar-refractivity contribution in [3.05, 3.63) is 6.92 Å². The minimum atomic E-state index is 0.704. The van der Waals surface area contributed by atoms with Crippen LogP contribution in [0.15, 0.2) is 0 Å². The van der Waals surface area contributed by atoms with Crippen molar-refractivity contribution >= 4 is 0 Å². The van der Waals surface area contributed by atoms with Crippen LogP contribution in [0.25, 0.3) is 0 Å². The van der Waals surface area contributed by atoms with Gasteiger partial charge in [0.1, 0.15) is 0 Å². The first kappa shape index (κ1) is 8.32. The molecule has 1 radical (unpaired) electrons. The fourth-order valence-corrected chi connectivity index (χ4v) is 4.90. The van der Waals surface area contributed by atoms with E-state index in [1.807, 2.05) is 0 Å². The fraction of sp³-hybridized carbons (Fsp3) is 0.923. The Bertz CT molecular complexity index is 176. The fourth-order valence-electron chi connectivity index (χ4n) is 4.90. The molecule has 0 amide bonds. The maximum atomic E-state index is 4.28. The summed E-state index contributed by atoms with van der Waals surface area (Å²) in [6, 6.07) is 0. The van der Waals surface area contributed by atoms with Crippen LogP contribution in [0, 0.1) is 42.4 Å². The minimum absolute atomic E-state index is 0.704. The van der Waals surface area contributed by atoms with Crippen LogP contribution >= 0.6 is 0 Å². The highest BCUT2D eigenvalue weighted by Gasteiger charge is 2.48. The van der Waals surface area contributed by atoms with Gasteiger partial charge in [-0.15, -0.1) is 0 Å².